The van der Waals surface area contributed by atoms with Crippen LogP contribution in [0.15, 0.2) is 30.9 Å². The molecule has 0 fully saturated rings. The molecule has 0 unspecified atom stereocenters. The van der Waals surface area contributed by atoms with Gasteiger partial charge >= 0.3 is 0 Å². The summed E-state index contributed by atoms with van der Waals surface area (Å²) in [6, 6.07) is 2.71. The summed E-state index contributed by atoms with van der Waals surface area (Å²) in [5.41, 5.74) is -2.06. The van der Waals surface area contributed by atoms with E-state index in [0.29, 0.717) is 6.07 Å². The van der Waals surface area contributed by atoms with Gasteiger partial charge in [-0.05, 0) is 12.1 Å². The molecule has 0 saturated carbocycles. The molecular weight excluding hydrogens is 190 g/mol. The summed E-state index contributed by atoms with van der Waals surface area (Å²) < 4.78 is 25.7. The van der Waals surface area contributed by atoms with Crippen LogP contribution in [0.25, 0.3) is 0 Å². The highest BCUT2D eigenvalue weighted by Gasteiger charge is 2.27. The molecule has 1 aromatic carbocycles. The number of rotatable bonds is 3. The quantitative estimate of drug-likeness (QED) is 0.722. The van der Waals surface area contributed by atoms with Crippen molar-refractivity contribution >= 4 is 0 Å². The van der Waals surface area contributed by atoms with Gasteiger partial charge in [0.25, 0.3) is 0 Å². The minimum absolute atomic E-state index is 0.198. The zero-order valence-corrected chi connectivity index (χ0v) is 7.37. The normalized spacial score (nSPS) is 14.9. The van der Waals surface area contributed by atoms with Gasteiger partial charge in [-0.15, -0.1) is 0 Å². The highest BCUT2D eigenvalue weighted by Crippen LogP contribution is 2.24. The summed E-state index contributed by atoms with van der Waals surface area (Å²) in [5, 5.41) is 18.5. The highest BCUT2D eigenvalue weighted by molar-refractivity contribution is 5.28. The van der Waals surface area contributed by atoms with Crippen LogP contribution in [-0.4, -0.2) is 16.8 Å². The van der Waals surface area contributed by atoms with Crippen molar-refractivity contribution in [3.05, 3.63) is 48.1 Å². The molecule has 4 heteroatoms. The molecule has 0 saturated heterocycles. The first kappa shape index (κ1) is 10.8. The number of hydrogen-bond acceptors (Lipinski definition) is 2. The molecule has 0 aliphatic rings. The SMILES string of the molecule is C=C[C@](O)(CO)c1ccc(F)cc1F. The fraction of sp³-hybridized carbons (Fsp3) is 0.200. The first-order valence-corrected chi connectivity index (χ1v) is 3.96. The average Bonchev–Trinajstić information content (AvgIpc) is 2.17. The van der Waals surface area contributed by atoms with Crippen molar-refractivity contribution < 1.29 is 19.0 Å². The van der Waals surface area contributed by atoms with Gasteiger partial charge in [-0.25, -0.2) is 8.78 Å². The molecule has 0 bridgehead atoms. The Morgan fingerprint density at radius 3 is 2.50 bits per heavy atom. The van der Waals surface area contributed by atoms with Gasteiger partial charge in [0.1, 0.15) is 17.2 Å². The van der Waals surface area contributed by atoms with Crippen LogP contribution in [0.1, 0.15) is 5.56 Å². The molecule has 0 aliphatic heterocycles. The third-order valence-electron chi connectivity index (χ3n) is 1.98. The van der Waals surface area contributed by atoms with E-state index < -0.39 is 23.8 Å². The minimum Gasteiger partial charge on any atom is -0.393 e. The predicted octanol–water partition coefficient (Wildman–Crippen LogP) is 1.33. The molecule has 0 heterocycles. The van der Waals surface area contributed by atoms with Crippen molar-refractivity contribution in [1.82, 2.24) is 0 Å². The Hall–Kier alpha value is -1.26. The van der Waals surface area contributed by atoms with Gasteiger partial charge in [0.2, 0.25) is 0 Å². The summed E-state index contributed by atoms with van der Waals surface area (Å²) in [6.07, 6.45) is 1.00. The number of aliphatic hydroxyl groups is 2. The Labute approximate surface area is 80.1 Å². The summed E-state index contributed by atoms with van der Waals surface area (Å²) >= 11 is 0. The molecule has 0 radical (unpaired) electrons. The third-order valence-corrected chi connectivity index (χ3v) is 1.98. The van der Waals surface area contributed by atoms with Crippen molar-refractivity contribution in [2.24, 2.45) is 0 Å². The maximum Gasteiger partial charge on any atom is 0.133 e. The fourth-order valence-electron chi connectivity index (χ4n) is 1.10. The Morgan fingerprint density at radius 2 is 2.07 bits per heavy atom. The molecule has 76 valence electrons. The van der Waals surface area contributed by atoms with Crippen molar-refractivity contribution in [3.63, 3.8) is 0 Å². The molecule has 0 spiro atoms. The molecule has 1 aromatic rings. The van der Waals surface area contributed by atoms with Crippen molar-refractivity contribution in [2.75, 3.05) is 6.61 Å². The zero-order valence-electron chi connectivity index (χ0n) is 7.37. The van der Waals surface area contributed by atoms with E-state index in [-0.39, 0.29) is 5.56 Å². The molecule has 1 rings (SSSR count). The topological polar surface area (TPSA) is 40.5 Å². The maximum absolute atomic E-state index is 13.2. The van der Waals surface area contributed by atoms with Crippen molar-refractivity contribution in [2.45, 2.75) is 5.60 Å². The van der Waals surface area contributed by atoms with E-state index in [1.165, 1.54) is 0 Å². The van der Waals surface area contributed by atoms with Crippen LogP contribution in [0.2, 0.25) is 0 Å². The Kier molecular flexibility index (Phi) is 2.98. The molecule has 14 heavy (non-hydrogen) atoms. The molecule has 2 N–H and O–H groups in total. The van der Waals surface area contributed by atoms with Gasteiger partial charge in [0.05, 0.1) is 6.61 Å². The highest BCUT2D eigenvalue weighted by atomic mass is 19.1. The fourth-order valence-corrected chi connectivity index (χ4v) is 1.10. The van der Waals surface area contributed by atoms with Crippen LogP contribution in [0.5, 0.6) is 0 Å². The first-order chi connectivity index (χ1) is 6.53. The van der Waals surface area contributed by atoms with E-state index in [0.717, 1.165) is 18.2 Å². The summed E-state index contributed by atoms with van der Waals surface area (Å²) in [6.45, 7) is 2.56. The molecule has 0 aliphatic carbocycles. The largest absolute Gasteiger partial charge is 0.393 e. The van der Waals surface area contributed by atoms with E-state index in [1.54, 1.807) is 0 Å². The van der Waals surface area contributed by atoms with Crippen LogP contribution < -0.4 is 0 Å². The van der Waals surface area contributed by atoms with Gasteiger partial charge in [-0.3, -0.25) is 0 Å². The summed E-state index contributed by atoms with van der Waals surface area (Å²) in [4.78, 5) is 0. The van der Waals surface area contributed by atoms with Gasteiger partial charge in [-0.1, -0.05) is 12.7 Å². The molecular formula is C10H10F2O2. The van der Waals surface area contributed by atoms with Gasteiger partial charge < -0.3 is 10.2 Å². The number of halogens is 2. The lowest BCUT2D eigenvalue weighted by atomic mass is 9.94. The van der Waals surface area contributed by atoms with Crippen LogP contribution in [0, 0.1) is 11.6 Å². The minimum atomic E-state index is -1.86. The van der Waals surface area contributed by atoms with Gasteiger partial charge in [0.15, 0.2) is 0 Å². The molecule has 1 atom stereocenters. The summed E-state index contributed by atoms with van der Waals surface area (Å²) in [5.74, 6) is -1.66. The zero-order chi connectivity index (χ0) is 10.8. The first-order valence-electron chi connectivity index (χ1n) is 3.96. The summed E-state index contributed by atoms with van der Waals surface area (Å²) in [7, 11) is 0. The Bertz CT molecular complexity index is 352. The molecule has 0 aromatic heterocycles. The predicted molar refractivity (Wildman–Crippen MR) is 47.5 cm³/mol. The van der Waals surface area contributed by atoms with Crippen LogP contribution >= 0.6 is 0 Å². The smallest absolute Gasteiger partial charge is 0.133 e. The van der Waals surface area contributed by atoms with E-state index in [1.807, 2.05) is 0 Å². The van der Waals surface area contributed by atoms with Gasteiger partial charge in [-0.2, -0.15) is 0 Å². The second-order valence-electron chi connectivity index (χ2n) is 2.91. The van der Waals surface area contributed by atoms with E-state index in [2.05, 4.69) is 6.58 Å². The van der Waals surface area contributed by atoms with E-state index >= 15 is 0 Å². The monoisotopic (exact) mass is 200 g/mol. The number of hydrogen-bond donors (Lipinski definition) is 2. The van der Waals surface area contributed by atoms with Crippen molar-refractivity contribution in [3.8, 4) is 0 Å². The van der Waals surface area contributed by atoms with Gasteiger partial charge in [0, 0.05) is 11.6 Å². The van der Waals surface area contributed by atoms with Crippen LogP contribution in [-0.2, 0) is 5.60 Å². The lowest BCUT2D eigenvalue weighted by Crippen LogP contribution is -2.28. The Balaban J connectivity index is 3.24. The average molecular weight is 200 g/mol. The Morgan fingerprint density at radius 1 is 1.43 bits per heavy atom. The van der Waals surface area contributed by atoms with E-state index in [4.69, 9.17) is 5.11 Å². The lowest BCUT2D eigenvalue weighted by molar-refractivity contribution is 0.0215. The lowest BCUT2D eigenvalue weighted by Gasteiger charge is -2.22. The second-order valence-corrected chi connectivity index (χ2v) is 2.91. The maximum atomic E-state index is 13.2. The second kappa shape index (κ2) is 3.86. The standard InChI is InChI=1S/C10H10F2O2/c1-2-10(14,6-13)8-4-3-7(11)5-9(8)12/h2-5,13-14H,1,6H2/t10-/m0/s1. The number of aliphatic hydroxyl groups excluding tert-OH is 1. The third kappa shape index (κ3) is 1.81. The van der Waals surface area contributed by atoms with Crippen LogP contribution in [0.3, 0.4) is 0 Å². The molecule has 2 nitrogen and oxygen atoms in total. The van der Waals surface area contributed by atoms with E-state index in [9.17, 15) is 13.9 Å². The number of benzene rings is 1. The molecule has 0 amide bonds. The van der Waals surface area contributed by atoms with Crippen LogP contribution in [0.4, 0.5) is 8.78 Å². The van der Waals surface area contributed by atoms with Crippen molar-refractivity contribution in [1.29, 1.82) is 0 Å².